The Morgan fingerprint density at radius 3 is 2.52 bits per heavy atom. The van der Waals surface area contributed by atoms with Crippen molar-refractivity contribution in [2.45, 2.75) is 12.5 Å². The first-order valence-corrected chi connectivity index (χ1v) is 9.94. The van der Waals surface area contributed by atoms with Crippen molar-refractivity contribution >= 4 is 17.4 Å². The number of carbonyl (C=O) groups excluding carboxylic acids is 2. The van der Waals surface area contributed by atoms with Gasteiger partial charge in [0.25, 0.3) is 11.7 Å². The van der Waals surface area contributed by atoms with Crippen molar-refractivity contribution in [2.75, 3.05) is 41.4 Å². The molecule has 1 saturated heterocycles. The van der Waals surface area contributed by atoms with Crippen LogP contribution in [0.25, 0.3) is 5.76 Å². The number of hydrogen-bond acceptors (Lipinski definition) is 7. The Labute approximate surface area is 181 Å². The summed E-state index contributed by atoms with van der Waals surface area (Å²) in [5, 5.41) is 11.1. The summed E-state index contributed by atoms with van der Waals surface area (Å²) in [4.78, 5) is 33.5. The first-order valence-electron chi connectivity index (χ1n) is 9.94. The fraction of sp³-hybridized carbons (Fsp3) is 0.348. The van der Waals surface area contributed by atoms with Crippen LogP contribution < -0.4 is 9.47 Å². The zero-order valence-electron chi connectivity index (χ0n) is 18.2. The molecule has 1 atom stereocenters. The summed E-state index contributed by atoms with van der Waals surface area (Å²) in [6, 6.07) is 7.66. The van der Waals surface area contributed by atoms with Crippen LogP contribution in [0.2, 0.25) is 0 Å². The predicted octanol–water partition coefficient (Wildman–Crippen LogP) is 2.47. The third-order valence-corrected chi connectivity index (χ3v) is 5.20. The van der Waals surface area contributed by atoms with E-state index in [0.717, 1.165) is 6.54 Å². The summed E-state index contributed by atoms with van der Waals surface area (Å²) in [6.45, 7) is 1.14. The van der Waals surface area contributed by atoms with Gasteiger partial charge in [-0.3, -0.25) is 14.6 Å². The highest BCUT2D eigenvalue weighted by Gasteiger charge is 2.45. The molecule has 0 saturated carbocycles. The number of Topliss-reactive ketones (excluding diaryl/α,β-unsaturated/α-hetero) is 1. The maximum Gasteiger partial charge on any atom is 0.295 e. The number of hydrogen-bond donors (Lipinski definition) is 1. The lowest BCUT2D eigenvalue weighted by Crippen LogP contribution is -2.32. The lowest BCUT2D eigenvalue weighted by atomic mass is 9.96. The van der Waals surface area contributed by atoms with Gasteiger partial charge in [-0.1, -0.05) is 6.07 Å². The zero-order valence-corrected chi connectivity index (χ0v) is 18.2. The average molecular weight is 425 g/mol. The Morgan fingerprint density at radius 2 is 1.90 bits per heavy atom. The molecular formula is C23H27N3O5. The zero-order chi connectivity index (χ0) is 22.5. The van der Waals surface area contributed by atoms with Gasteiger partial charge in [-0.05, 0) is 56.9 Å². The first-order chi connectivity index (χ1) is 14.9. The van der Waals surface area contributed by atoms with Crippen molar-refractivity contribution < 1.29 is 24.2 Å². The summed E-state index contributed by atoms with van der Waals surface area (Å²) < 4.78 is 10.6. The van der Waals surface area contributed by atoms with Crippen LogP contribution in [0.3, 0.4) is 0 Å². The maximum absolute atomic E-state index is 13.0. The van der Waals surface area contributed by atoms with E-state index >= 15 is 0 Å². The number of aromatic nitrogens is 1. The number of nitrogens with zero attached hydrogens (tertiary/aromatic N) is 3. The van der Waals surface area contributed by atoms with Crippen LogP contribution in [-0.4, -0.2) is 73.0 Å². The number of ketones is 1. The van der Waals surface area contributed by atoms with Crippen molar-refractivity contribution in [3.8, 4) is 11.5 Å². The van der Waals surface area contributed by atoms with E-state index in [-0.39, 0.29) is 11.3 Å². The molecule has 1 aliphatic heterocycles. The molecule has 8 nitrogen and oxygen atoms in total. The van der Waals surface area contributed by atoms with Crippen LogP contribution in [0.5, 0.6) is 11.5 Å². The van der Waals surface area contributed by atoms with Gasteiger partial charge in [0.15, 0.2) is 11.5 Å². The lowest BCUT2D eigenvalue weighted by molar-refractivity contribution is -0.139. The number of benzene rings is 1. The van der Waals surface area contributed by atoms with Crippen LogP contribution in [0.1, 0.15) is 23.6 Å². The number of aliphatic hydroxyl groups is 1. The summed E-state index contributed by atoms with van der Waals surface area (Å²) in [6.07, 6.45) is 3.92. The Balaban J connectivity index is 2.09. The average Bonchev–Trinajstić information content (AvgIpc) is 3.03. The molecule has 164 valence electrons. The molecule has 0 bridgehead atoms. The molecule has 1 N–H and O–H groups in total. The minimum atomic E-state index is -0.719. The van der Waals surface area contributed by atoms with Gasteiger partial charge in [0.2, 0.25) is 0 Å². The van der Waals surface area contributed by atoms with E-state index in [2.05, 4.69) is 4.98 Å². The molecule has 0 unspecified atom stereocenters. The molecule has 1 amide bonds. The third-order valence-electron chi connectivity index (χ3n) is 5.20. The van der Waals surface area contributed by atoms with Crippen LogP contribution >= 0.6 is 0 Å². The Morgan fingerprint density at radius 1 is 1.16 bits per heavy atom. The van der Waals surface area contributed by atoms with Crippen molar-refractivity contribution in [2.24, 2.45) is 0 Å². The van der Waals surface area contributed by atoms with Gasteiger partial charge in [0, 0.05) is 24.5 Å². The third kappa shape index (κ3) is 4.54. The van der Waals surface area contributed by atoms with Crippen LogP contribution in [-0.2, 0) is 9.59 Å². The van der Waals surface area contributed by atoms with Crippen molar-refractivity contribution in [3.63, 3.8) is 0 Å². The SMILES string of the molecule is COc1ccc(/C(O)=C2\C(=O)C(=O)N(CCCN(C)C)[C@H]2c2cccnc2)cc1OC. The molecule has 1 aromatic carbocycles. The number of amides is 1. The van der Waals surface area contributed by atoms with E-state index in [1.807, 2.05) is 19.0 Å². The molecule has 2 heterocycles. The van der Waals surface area contributed by atoms with Crippen LogP contribution in [0, 0.1) is 0 Å². The Hall–Kier alpha value is -3.39. The fourth-order valence-corrected chi connectivity index (χ4v) is 3.69. The summed E-state index contributed by atoms with van der Waals surface area (Å²) >= 11 is 0. The largest absolute Gasteiger partial charge is 0.507 e. The molecular weight excluding hydrogens is 398 g/mol. The molecule has 3 rings (SSSR count). The second kappa shape index (κ2) is 9.61. The van der Waals surface area contributed by atoms with Crippen molar-refractivity contribution in [1.82, 2.24) is 14.8 Å². The number of aliphatic hydroxyl groups excluding tert-OH is 1. The summed E-state index contributed by atoms with van der Waals surface area (Å²) in [5.41, 5.74) is 1.06. The molecule has 1 fully saturated rings. The van der Waals surface area contributed by atoms with Gasteiger partial charge in [-0.2, -0.15) is 0 Å². The minimum absolute atomic E-state index is 0.0371. The van der Waals surface area contributed by atoms with Crippen molar-refractivity contribution in [1.29, 1.82) is 0 Å². The smallest absolute Gasteiger partial charge is 0.295 e. The fourth-order valence-electron chi connectivity index (χ4n) is 3.69. The second-order valence-corrected chi connectivity index (χ2v) is 7.51. The topological polar surface area (TPSA) is 92.2 Å². The summed E-state index contributed by atoms with van der Waals surface area (Å²) in [5.74, 6) is -0.708. The predicted molar refractivity (Wildman–Crippen MR) is 116 cm³/mol. The Kier molecular flexibility index (Phi) is 6.91. The minimum Gasteiger partial charge on any atom is -0.507 e. The van der Waals surface area contributed by atoms with Gasteiger partial charge < -0.3 is 24.4 Å². The molecule has 31 heavy (non-hydrogen) atoms. The lowest BCUT2D eigenvalue weighted by Gasteiger charge is -2.25. The van der Waals surface area contributed by atoms with Gasteiger partial charge in [-0.25, -0.2) is 0 Å². The molecule has 0 aliphatic carbocycles. The molecule has 1 aromatic heterocycles. The van der Waals surface area contributed by atoms with Crippen molar-refractivity contribution in [3.05, 3.63) is 59.4 Å². The highest BCUT2D eigenvalue weighted by atomic mass is 16.5. The monoisotopic (exact) mass is 425 g/mol. The second-order valence-electron chi connectivity index (χ2n) is 7.51. The van der Waals surface area contributed by atoms with E-state index in [1.165, 1.54) is 19.1 Å². The number of ether oxygens (including phenoxy) is 2. The molecule has 0 spiro atoms. The van der Waals surface area contributed by atoms with Gasteiger partial charge in [0.1, 0.15) is 5.76 Å². The van der Waals surface area contributed by atoms with E-state index in [0.29, 0.717) is 35.6 Å². The van der Waals surface area contributed by atoms with E-state index in [4.69, 9.17) is 9.47 Å². The molecule has 1 aliphatic rings. The normalized spacial score (nSPS) is 18.0. The van der Waals surface area contributed by atoms with E-state index < -0.39 is 17.7 Å². The standard InChI is InChI=1S/C23H27N3O5/c1-25(2)11-6-12-26-20(16-7-5-10-24-14-16)19(22(28)23(26)29)21(27)15-8-9-17(30-3)18(13-15)31-4/h5,7-10,13-14,20,27H,6,11-12H2,1-4H3/b21-19+/t20-/m0/s1. The van der Waals surface area contributed by atoms with E-state index in [9.17, 15) is 14.7 Å². The molecule has 8 heteroatoms. The van der Waals surface area contributed by atoms with E-state index in [1.54, 1.807) is 42.7 Å². The highest BCUT2D eigenvalue weighted by molar-refractivity contribution is 6.46. The highest BCUT2D eigenvalue weighted by Crippen LogP contribution is 2.40. The number of rotatable bonds is 8. The Bertz CT molecular complexity index is 988. The number of pyridine rings is 1. The van der Waals surface area contributed by atoms with Crippen LogP contribution in [0.4, 0.5) is 0 Å². The number of likely N-dealkylation sites (tertiary alicyclic amines) is 1. The van der Waals surface area contributed by atoms with Gasteiger partial charge >= 0.3 is 0 Å². The summed E-state index contributed by atoms with van der Waals surface area (Å²) in [7, 11) is 6.90. The quantitative estimate of drug-likeness (QED) is 0.395. The van der Waals surface area contributed by atoms with Gasteiger partial charge in [0.05, 0.1) is 25.8 Å². The molecule has 2 aromatic rings. The van der Waals surface area contributed by atoms with Gasteiger partial charge in [-0.15, -0.1) is 0 Å². The first kappa shape index (κ1) is 22.3. The van der Waals surface area contributed by atoms with Crippen LogP contribution in [0.15, 0.2) is 48.3 Å². The number of methoxy groups -OCH3 is 2. The maximum atomic E-state index is 13.0. The molecule has 0 radical (unpaired) electrons. The number of carbonyl (C=O) groups is 2.